The molecule has 0 aliphatic rings. The Kier molecular flexibility index (Phi) is 5.71. The first-order chi connectivity index (χ1) is 14.0. The molecule has 30 heavy (non-hydrogen) atoms. The number of esters is 1. The highest BCUT2D eigenvalue weighted by Gasteiger charge is 2.32. The van der Waals surface area contributed by atoms with Crippen LogP contribution in [-0.2, 0) is 17.5 Å². The van der Waals surface area contributed by atoms with Crippen LogP contribution in [0.4, 0.5) is 18.9 Å². The normalized spacial score (nSPS) is 11.8. The lowest BCUT2D eigenvalue weighted by atomic mass is 10.1. The molecule has 0 radical (unpaired) electrons. The Hall–Kier alpha value is -3.14. The number of ether oxygens (including phenoxy) is 1. The molecule has 0 aliphatic heterocycles. The van der Waals surface area contributed by atoms with E-state index in [9.17, 15) is 28.1 Å². The minimum atomic E-state index is -4.62. The largest absolute Gasteiger partial charge is 0.456 e. The summed E-state index contributed by atoms with van der Waals surface area (Å²) in [7, 11) is 0. The number of hydrogen-bond donors (Lipinski definition) is 0. The van der Waals surface area contributed by atoms with Crippen LogP contribution in [0, 0.1) is 10.1 Å². The number of imidazole rings is 1. The van der Waals surface area contributed by atoms with Gasteiger partial charge in [0.15, 0.2) is 5.65 Å². The fourth-order valence-electron chi connectivity index (χ4n) is 2.87. The Labute approximate surface area is 173 Å². The molecule has 1 aromatic carbocycles. The maximum atomic E-state index is 13.2. The van der Waals surface area contributed by atoms with Crippen LogP contribution in [0.25, 0.3) is 5.65 Å². The topological polar surface area (TPSA) is 86.7 Å². The van der Waals surface area contributed by atoms with Gasteiger partial charge in [-0.05, 0) is 24.1 Å². The summed E-state index contributed by atoms with van der Waals surface area (Å²) in [5.41, 5.74) is -0.277. The van der Waals surface area contributed by atoms with Crippen molar-refractivity contribution >= 4 is 28.9 Å². The van der Waals surface area contributed by atoms with Gasteiger partial charge in [0.05, 0.1) is 32.5 Å². The van der Waals surface area contributed by atoms with E-state index in [2.05, 4.69) is 4.98 Å². The smallest absolute Gasteiger partial charge is 0.417 e. The van der Waals surface area contributed by atoms with Crippen molar-refractivity contribution < 1.29 is 27.6 Å². The molecule has 0 saturated heterocycles. The van der Waals surface area contributed by atoms with Crippen molar-refractivity contribution in [3.8, 4) is 0 Å². The van der Waals surface area contributed by atoms with Gasteiger partial charge in [0.25, 0.3) is 5.69 Å². The van der Waals surface area contributed by atoms with E-state index >= 15 is 0 Å². The SMILES string of the molecule is CC(C)c1nc2c(Cl)cc(C(F)(F)F)cn2c1COC(=O)c1ccc([N+](=O)[O-])cc1. The molecular weight excluding hydrogens is 427 g/mol. The van der Waals surface area contributed by atoms with Crippen LogP contribution in [-0.4, -0.2) is 20.3 Å². The predicted molar refractivity (Wildman–Crippen MR) is 102 cm³/mol. The van der Waals surface area contributed by atoms with Gasteiger partial charge in [-0.25, -0.2) is 9.78 Å². The second-order valence-electron chi connectivity index (χ2n) is 6.75. The van der Waals surface area contributed by atoms with Crippen LogP contribution in [0.15, 0.2) is 36.5 Å². The number of nitrogens with zero attached hydrogens (tertiary/aromatic N) is 3. The molecule has 2 heterocycles. The second kappa shape index (κ2) is 7.94. The van der Waals surface area contributed by atoms with Crippen LogP contribution in [0.1, 0.15) is 47.1 Å². The Bertz CT molecular complexity index is 1120. The fraction of sp³-hybridized carbons (Fsp3) is 0.263. The molecule has 2 aromatic heterocycles. The lowest BCUT2D eigenvalue weighted by Crippen LogP contribution is -2.10. The quantitative estimate of drug-likeness (QED) is 0.301. The summed E-state index contributed by atoms with van der Waals surface area (Å²) in [6, 6.07) is 5.56. The first kappa shape index (κ1) is 21.6. The molecule has 0 N–H and O–H groups in total. The Morgan fingerprint density at radius 3 is 2.47 bits per heavy atom. The van der Waals surface area contributed by atoms with Crippen LogP contribution in [0.3, 0.4) is 0 Å². The number of nitro benzene ring substituents is 1. The number of benzene rings is 1. The molecule has 158 valence electrons. The molecule has 0 unspecified atom stereocenters. The average molecular weight is 442 g/mol. The molecule has 0 saturated carbocycles. The minimum Gasteiger partial charge on any atom is -0.456 e. The van der Waals surface area contributed by atoms with Crippen molar-refractivity contribution in [3.05, 3.63) is 74.2 Å². The third-order valence-electron chi connectivity index (χ3n) is 4.33. The third-order valence-corrected chi connectivity index (χ3v) is 4.61. The monoisotopic (exact) mass is 441 g/mol. The van der Waals surface area contributed by atoms with Crippen LogP contribution < -0.4 is 0 Å². The number of alkyl halides is 3. The van der Waals surface area contributed by atoms with Gasteiger partial charge in [-0.15, -0.1) is 0 Å². The zero-order valence-corrected chi connectivity index (χ0v) is 16.5. The number of nitro groups is 1. The Balaban J connectivity index is 1.95. The van der Waals surface area contributed by atoms with E-state index in [1.807, 2.05) is 0 Å². The first-order valence-corrected chi connectivity index (χ1v) is 9.06. The standard InChI is InChI=1S/C19H15ClF3N3O4/c1-10(2)16-15(9-30-18(27)11-3-5-13(6-4-11)26(28)29)25-8-12(19(21,22)23)7-14(20)17(25)24-16/h3-8,10H,9H2,1-2H3. The summed E-state index contributed by atoms with van der Waals surface area (Å²) in [5, 5.41) is 10.5. The van der Waals surface area contributed by atoms with Gasteiger partial charge in [0.1, 0.15) is 6.61 Å². The van der Waals surface area contributed by atoms with Crippen molar-refractivity contribution in [1.82, 2.24) is 9.38 Å². The van der Waals surface area contributed by atoms with Crippen molar-refractivity contribution in [1.29, 1.82) is 0 Å². The third kappa shape index (κ3) is 4.23. The maximum Gasteiger partial charge on any atom is 0.417 e. The molecule has 0 atom stereocenters. The number of aromatic nitrogens is 2. The van der Waals surface area contributed by atoms with E-state index in [1.165, 1.54) is 16.5 Å². The van der Waals surface area contributed by atoms with E-state index in [0.717, 1.165) is 24.4 Å². The van der Waals surface area contributed by atoms with E-state index in [1.54, 1.807) is 13.8 Å². The van der Waals surface area contributed by atoms with Gasteiger partial charge in [0, 0.05) is 18.3 Å². The lowest BCUT2D eigenvalue weighted by molar-refractivity contribution is -0.384. The van der Waals surface area contributed by atoms with E-state index < -0.39 is 22.6 Å². The van der Waals surface area contributed by atoms with Crippen LogP contribution in [0.2, 0.25) is 5.02 Å². The summed E-state index contributed by atoms with van der Waals surface area (Å²) >= 11 is 6.01. The van der Waals surface area contributed by atoms with Crippen LogP contribution in [0.5, 0.6) is 0 Å². The van der Waals surface area contributed by atoms with Crippen molar-refractivity contribution in [2.45, 2.75) is 32.5 Å². The van der Waals surface area contributed by atoms with Gasteiger partial charge in [-0.1, -0.05) is 25.4 Å². The molecule has 7 nitrogen and oxygen atoms in total. The van der Waals surface area contributed by atoms with Gasteiger partial charge < -0.3 is 4.74 Å². The van der Waals surface area contributed by atoms with E-state index in [0.29, 0.717) is 5.69 Å². The highest BCUT2D eigenvalue weighted by atomic mass is 35.5. The highest BCUT2D eigenvalue weighted by Crippen LogP contribution is 2.34. The minimum absolute atomic E-state index is 0.0644. The highest BCUT2D eigenvalue weighted by molar-refractivity contribution is 6.33. The number of hydrogen-bond acceptors (Lipinski definition) is 5. The average Bonchev–Trinajstić information content (AvgIpc) is 3.05. The van der Waals surface area contributed by atoms with Crippen molar-refractivity contribution in [3.63, 3.8) is 0 Å². The second-order valence-corrected chi connectivity index (χ2v) is 7.15. The van der Waals surface area contributed by atoms with Crippen molar-refractivity contribution in [2.24, 2.45) is 0 Å². The molecule has 0 amide bonds. The summed E-state index contributed by atoms with van der Waals surface area (Å²) < 4.78 is 46.0. The Morgan fingerprint density at radius 1 is 1.30 bits per heavy atom. The van der Waals surface area contributed by atoms with E-state index in [4.69, 9.17) is 16.3 Å². The number of carbonyl (C=O) groups is 1. The Morgan fingerprint density at radius 2 is 1.93 bits per heavy atom. The molecule has 0 spiro atoms. The summed E-state index contributed by atoms with van der Waals surface area (Å²) in [5.74, 6) is -0.962. The molecule has 0 bridgehead atoms. The van der Waals surface area contributed by atoms with Gasteiger partial charge in [-0.2, -0.15) is 13.2 Å². The number of fused-ring (bicyclic) bond motifs is 1. The maximum absolute atomic E-state index is 13.2. The molecule has 3 aromatic rings. The zero-order valence-electron chi connectivity index (χ0n) is 15.7. The lowest BCUT2D eigenvalue weighted by Gasteiger charge is -2.11. The van der Waals surface area contributed by atoms with Gasteiger partial charge >= 0.3 is 12.1 Å². The molecule has 0 aliphatic carbocycles. The molecule has 3 rings (SSSR count). The fourth-order valence-corrected chi connectivity index (χ4v) is 3.12. The summed E-state index contributed by atoms with van der Waals surface area (Å²) in [6.07, 6.45) is -3.76. The van der Waals surface area contributed by atoms with Gasteiger partial charge in [0.2, 0.25) is 0 Å². The number of pyridine rings is 1. The van der Waals surface area contributed by atoms with E-state index in [-0.39, 0.29) is 40.1 Å². The number of rotatable bonds is 5. The van der Waals surface area contributed by atoms with Crippen LogP contribution >= 0.6 is 11.6 Å². The zero-order chi connectivity index (χ0) is 22.2. The molecule has 11 heteroatoms. The molecular formula is C19H15ClF3N3O4. The predicted octanol–water partition coefficient (Wildman–Crippen LogP) is 5.40. The molecule has 0 fully saturated rings. The first-order valence-electron chi connectivity index (χ1n) is 8.68. The number of carbonyl (C=O) groups excluding carboxylic acids is 1. The number of non-ortho nitro benzene ring substituents is 1. The van der Waals surface area contributed by atoms with Gasteiger partial charge in [-0.3, -0.25) is 14.5 Å². The number of halogens is 4. The van der Waals surface area contributed by atoms with Crippen molar-refractivity contribution in [2.75, 3.05) is 0 Å². The summed E-state index contributed by atoms with van der Waals surface area (Å²) in [4.78, 5) is 26.7. The summed E-state index contributed by atoms with van der Waals surface area (Å²) in [6.45, 7) is 3.23.